The van der Waals surface area contributed by atoms with Crippen molar-refractivity contribution in [3.8, 4) is 0 Å². The fraction of sp³-hybridized carbons (Fsp3) is 0.643. The molecule has 0 saturated carbocycles. The molecule has 0 fully saturated rings. The summed E-state index contributed by atoms with van der Waals surface area (Å²) in [6.07, 6.45) is 0.348. The van der Waals surface area contributed by atoms with Crippen molar-refractivity contribution in [3.05, 3.63) is 12.7 Å². The van der Waals surface area contributed by atoms with Gasteiger partial charge >= 0.3 is 17.9 Å². The van der Waals surface area contributed by atoms with Crippen LogP contribution in [0.25, 0.3) is 0 Å². The Morgan fingerprint density at radius 3 is 2.20 bits per heavy atom. The van der Waals surface area contributed by atoms with Gasteiger partial charge in [0.15, 0.2) is 0 Å². The highest BCUT2D eigenvalue weighted by Gasteiger charge is 2.18. The third kappa shape index (κ3) is 10.1. The first-order valence-electron chi connectivity index (χ1n) is 6.34. The highest BCUT2D eigenvalue weighted by atomic mass is 16.6. The van der Waals surface area contributed by atoms with Gasteiger partial charge in [0, 0.05) is 6.08 Å². The fourth-order valence-corrected chi connectivity index (χ4v) is 1.16. The maximum atomic E-state index is 11.4. The van der Waals surface area contributed by atoms with Gasteiger partial charge < -0.3 is 14.2 Å². The Balaban J connectivity index is 3.87. The Morgan fingerprint density at radius 1 is 1.15 bits per heavy atom. The largest absolute Gasteiger partial charge is 0.462 e. The molecule has 0 aromatic rings. The van der Waals surface area contributed by atoms with E-state index in [0.29, 0.717) is 0 Å². The molecule has 20 heavy (non-hydrogen) atoms. The lowest BCUT2D eigenvalue weighted by atomic mass is 10.2. The van der Waals surface area contributed by atoms with Crippen molar-refractivity contribution in [2.75, 3.05) is 6.61 Å². The molecule has 0 aliphatic rings. The Kier molecular flexibility index (Phi) is 7.57. The summed E-state index contributed by atoms with van der Waals surface area (Å²) in [5.41, 5.74) is -0.575. The molecule has 0 spiro atoms. The van der Waals surface area contributed by atoms with E-state index < -0.39 is 29.6 Å². The van der Waals surface area contributed by atoms with Crippen LogP contribution in [0.2, 0.25) is 0 Å². The third-order valence-corrected chi connectivity index (χ3v) is 1.92. The maximum Gasteiger partial charge on any atom is 0.330 e. The monoisotopic (exact) mass is 286 g/mol. The van der Waals surface area contributed by atoms with Gasteiger partial charge in [0.25, 0.3) is 0 Å². The molecule has 0 rings (SSSR count). The van der Waals surface area contributed by atoms with Crippen molar-refractivity contribution in [1.29, 1.82) is 0 Å². The number of hydrogen-bond donors (Lipinski definition) is 0. The van der Waals surface area contributed by atoms with Crippen molar-refractivity contribution in [2.45, 2.75) is 52.2 Å². The van der Waals surface area contributed by atoms with Crippen molar-refractivity contribution in [1.82, 2.24) is 0 Å². The van der Waals surface area contributed by atoms with E-state index in [4.69, 9.17) is 14.2 Å². The van der Waals surface area contributed by atoms with Crippen LogP contribution in [0.5, 0.6) is 0 Å². The van der Waals surface area contributed by atoms with E-state index in [2.05, 4.69) is 6.58 Å². The van der Waals surface area contributed by atoms with Crippen molar-refractivity contribution < 1.29 is 28.6 Å². The minimum atomic E-state index is -0.581. The minimum Gasteiger partial charge on any atom is -0.462 e. The van der Waals surface area contributed by atoms with Gasteiger partial charge in [-0.3, -0.25) is 9.59 Å². The van der Waals surface area contributed by atoms with Gasteiger partial charge in [-0.15, -0.1) is 0 Å². The molecule has 0 aromatic heterocycles. The van der Waals surface area contributed by atoms with Crippen LogP contribution in [-0.2, 0) is 28.6 Å². The second-order valence-corrected chi connectivity index (χ2v) is 5.22. The smallest absolute Gasteiger partial charge is 0.330 e. The lowest BCUT2D eigenvalue weighted by Gasteiger charge is -2.19. The number of carbonyl (C=O) groups is 3. The van der Waals surface area contributed by atoms with Gasteiger partial charge in [-0.05, 0) is 27.7 Å². The van der Waals surface area contributed by atoms with E-state index in [1.54, 1.807) is 27.7 Å². The summed E-state index contributed by atoms with van der Waals surface area (Å²) in [5, 5.41) is 0. The molecule has 0 aliphatic carbocycles. The van der Waals surface area contributed by atoms with Gasteiger partial charge in [-0.1, -0.05) is 6.58 Å². The molecule has 6 heteroatoms. The predicted molar refractivity (Wildman–Crippen MR) is 71.8 cm³/mol. The van der Waals surface area contributed by atoms with Crippen LogP contribution < -0.4 is 0 Å². The molecule has 0 aliphatic heterocycles. The number of hydrogen-bond acceptors (Lipinski definition) is 6. The van der Waals surface area contributed by atoms with Crippen molar-refractivity contribution in [3.63, 3.8) is 0 Å². The van der Waals surface area contributed by atoms with Crippen LogP contribution in [0.15, 0.2) is 12.7 Å². The zero-order chi connectivity index (χ0) is 15.8. The molecule has 6 nitrogen and oxygen atoms in total. The molecular formula is C14H22O6. The van der Waals surface area contributed by atoms with Crippen LogP contribution in [0.1, 0.15) is 40.5 Å². The molecule has 0 N–H and O–H groups in total. The van der Waals surface area contributed by atoms with E-state index in [-0.39, 0.29) is 19.4 Å². The number of esters is 3. The molecular weight excluding hydrogens is 264 g/mol. The first kappa shape index (κ1) is 18.1. The van der Waals surface area contributed by atoms with Gasteiger partial charge in [0.05, 0.1) is 12.8 Å². The van der Waals surface area contributed by atoms with Gasteiger partial charge in [0.2, 0.25) is 0 Å². The van der Waals surface area contributed by atoms with E-state index in [1.807, 2.05) is 0 Å². The van der Waals surface area contributed by atoms with E-state index >= 15 is 0 Å². The summed E-state index contributed by atoms with van der Waals surface area (Å²) >= 11 is 0. The first-order chi connectivity index (χ1) is 9.14. The predicted octanol–water partition coefficient (Wildman–Crippen LogP) is 1.77. The number of carbonyl (C=O) groups excluding carboxylic acids is 3. The second-order valence-electron chi connectivity index (χ2n) is 5.22. The normalized spacial score (nSPS) is 12.2. The summed E-state index contributed by atoms with van der Waals surface area (Å²) in [7, 11) is 0. The molecule has 1 atom stereocenters. The standard InChI is InChI=1S/C14H22O6/c1-6-11(15)19-10(2)9-18-12(16)7-8-13(17)20-14(3,4)5/h6,10H,1,7-9H2,2-5H3. The Hall–Kier alpha value is -1.85. The highest BCUT2D eigenvalue weighted by Crippen LogP contribution is 2.09. The lowest BCUT2D eigenvalue weighted by molar-refractivity contribution is -0.159. The average molecular weight is 286 g/mol. The summed E-state index contributed by atoms with van der Waals surface area (Å²) in [4.78, 5) is 33.6. The van der Waals surface area contributed by atoms with Gasteiger partial charge in [-0.25, -0.2) is 4.79 Å². The van der Waals surface area contributed by atoms with E-state index in [9.17, 15) is 14.4 Å². The maximum absolute atomic E-state index is 11.4. The number of ether oxygens (including phenoxy) is 3. The van der Waals surface area contributed by atoms with Crippen LogP contribution >= 0.6 is 0 Å². The molecule has 0 saturated heterocycles. The SMILES string of the molecule is C=CC(=O)OC(C)COC(=O)CCC(=O)OC(C)(C)C. The zero-order valence-corrected chi connectivity index (χ0v) is 12.4. The van der Waals surface area contributed by atoms with Gasteiger partial charge in [-0.2, -0.15) is 0 Å². The molecule has 0 aromatic carbocycles. The first-order valence-corrected chi connectivity index (χ1v) is 6.34. The van der Waals surface area contributed by atoms with Crippen LogP contribution in [0.3, 0.4) is 0 Å². The summed E-state index contributed by atoms with van der Waals surface area (Å²) in [6.45, 7) is 10.0. The summed E-state index contributed by atoms with van der Waals surface area (Å²) < 4.78 is 14.7. The Bertz CT molecular complexity index is 366. The minimum absolute atomic E-state index is 0.0447. The van der Waals surface area contributed by atoms with Crippen LogP contribution in [0, 0.1) is 0 Å². The van der Waals surface area contributed by atoms with Crippen LogP contribution in [0.4, 0.5) is 0 Å². The topological polar surface area (TPSA) is 78.9 Å². The molecule has 0 amide bonds. The van der Waals surface area contributed by atoms with Crippen molar-refractivity contribution >= 4 is 17.9 Å². The highest BCUT2D eigenvalue weighted by molar-refractivity contribution is 5.81. The second kappa shape index (κ2) is 8.35. The molecule has 114 valence electrons. The van der Waals surface area contributed by atoms with Crippen molar-refractivity contribution in [2.24, 2.45) is 0 Å². The zero-order valence-electron chi connectivity index (χ0n) is 12.4. The summed E-state index contributed by atoms with van der Waals surface area (Å²) in [5.74, 6) is -1.58. The molecule has 0 bridgehead atoms. The van der Waals surface area contributed by atoms with E-state index in [1.165, 1.54) is 0 Å². The average Bonchev–Trinajstić information content (AvgIpc) is 2.31. The summed E-state index contributed by atoms with van der Waals surface area (Å²) in [6, 6.07) is 0. The van der Waals surface area contributed by atoms with Crippen LogP contribution in [-0.4, -0.2) is 36.2 Å². The Labute approximate surface area is 119 Å². The van der Waals surface area contributed by atoms with Gasteiger partial charge in [0.1, 0.15) is 18.3 Å². The molecule has 1 unspecified atom stereocenters. The number of rotatable bonds is 7. The Morgan fingerprint density at radius 2 is 1.70 bits per heavy atom. The third-order valence-electron chi connectivity index (χ3n) is 1.92. The fourth-order valence-electron chi connectivity index (χ4n) is 1.16. The van der Waals surface area contributed by atoms with E-state index in [0.717, 1.165) is 6.08 Å². The quantitative estimate of drug-likeness (QED) is 0.403. The lowest BCUT2D eigenvalue weighted by Crippen LogP contribution is -2.25. The molecule has 0 heterocycles. The molecule has 0 radical (unpaired) electrons.